The Hall–Kier alpha value is -1.65. The van der Waals surface area contributed by atoms with Gasteiger partial charge in [0.25, 0.3) is 0 Å². The fourth-order valence-corrected chi connectivity index (χ4v) is 7.59. The fraction of sp³-hybridized carbons (Fsp3) is 0.792. The van der Waals surface area contributed by atoms with Gasteiger partial charge in [-0.3, -0.25) is 4.79 Å². The number of nitrogens with zero attached hydrogens (tertiary/aromatic N) is 4. The van der Waals surface area contributed by atoms with Gasteiger partial charge in [0.1, 0.15) is 0 Å². The Balaban J connectivity index is 0.000000994. The van der Waals surface area contributed by atoms with Gasteiger partial charge >= 0.3 is 0 Å². The first-order chi connectivity index (χ1) is 14.1. The zero-order valence-corrected chi connectivity index (χ0v) is 18.7. The molecule has 0 bridgehead atoms. The summed E-state index contributed by atoms with van der Waals surface area (Å²) in [5.41, 5.74) is 2.01. The number of carbonyl (C=O) groups excluding carboxylic acids is 1. The number of amides is 1. The molecule has 6 atom stereocenters. The second-order valence-electron chi connectivity index (χ2n) is 9.99. The number of hydrogen-bond acceptors (Lipinski definition) is 3. The van der Waals surface area contributed by atoms with Crippen molar-refractivity contribution in [1.82, 2.24) is 19.9 Å². The van der Waals surface area contributed by atoms with Crippen molar-refractivity contribution in [3.63, 3.8) is 0 Å². The molecule has 5 rings (SSSR count). The van der Waals surface area contributed by atoms with Crippen LogP contribution in [0.25, 0.3) is 5.70 Å². The van der Waals surface area contributed by atoms with Crippen molar-refractivity contribution in [1.29, 1.82) is 0 Å². The molecule has 3 aliphatic carbocycles. The molecule has 0 radical (unpaired) electrons. The van der Waals surface area contributed by atoms with Gasteiger partial charge in [-0.1, -0.05) is 39.0 Å². The van der Waals surface area contributed by atoms with Crippen LogP contribution in [0.15, 0.2) is 18.5 Å². The Morgan fingerprint density at radius 1 is 1.14 bits per heavy atom. The first-order valence-corrected chi connectivity index (χ1v) is 11.8. The molecule has 0 N–H and O–H groups in total. The highest BCUT2D eigenvalue weighted by atomic mass is 16.1. The van der Waals surface area contributed by atoms with Gasteiger partial charge in [-0.05, 0) is 74.0 Å². The van der Waals surface area contributed by atoms with E-state index in [0.29, 0.717) is 11.3 Å². The molecule has 0 aromatic carbocycles. The maximum atomic E-state index is 11.4. The van der Waals surface area contributed by atoms with Gasteiger partial charge in [-0.25, -0.2) is 4.68 Å². The highest BCUT2D eigenvalue weighted by Crippen LogP contribution is 2.65. The van der Waals surface area contributed by atoms with E-state index >= 15 is 0 Å². The summed E-state index contributed by atoms with van der Waals surface area (Å²) >= 11 is 0. The Kier molecular flexibility index (Phi) is 5.60. The lowest BCUT2D eigenvalue weighted by Crippen LogP contribution is -2.52. The zero-order chi connectivity index (χ0) is 20.6. The molecule has 29 heavy (non-hydrogen) atoms. The summed E-state index contributed by atoms with van der Waals surface area (Å²) < 4.78 is 2.02. The van der Waals surface area contributed by atoms with Crippen molar-refractivity contribution in [3.05, 3.63) is 18.5 Å². The smallest absolute Gasteiger partial charge is 0.209 e. The van der Waals surface area contributed by atoms with Crippen molar-refractivity contribution in [2.45, 2.75) is 72.6 Å². The molecule has 0 spiro atoms. The molecule has 1 aliphatic heterocycles. The summed E-state index contributed by atoms with van der Waals surface area (Å²) in [5, 5.41) is 8.35. The SMILES string of the molecule is CC.CC12CCC3C(CCC4CN(C=O)CCCC43C)C1CC=C2n1ccnn1. The number of allylic oxidation sites excluding steroid dienone is 2. The lowest BCUT2D eigenvalue weighted by atomic mass is 9.47. The van der Waals surface area contributed by atoms with Crippen LogP contribution in [0.1, 0.15) is 72.6 Å². The number of rotatable bonds is 2. The summed E-state index contributed by atoms with van der Waals surface area (Å²) in [5.74, 6) is 3.04. The van der Waals surface area contributed by atoms with Gasteiger partial charge in [0.15, 0.2) is 0 Å². The van der Waals surface area contributed by atoms with Crippen LogP contribution in [-0.4, -0.2) is 39.4 Å². The number of fused-ring (bicyclic) bond motifs is 5. The molecule has 1 amide bonds. The van der Waals surface area contributed by atoms with Crippen LogP contribution in [0.4, 0.5) is 0 Å². The van der Waals surface area contributed by atoms with Gasteiger partial charge in [0.2, 0.25) is 6.41 Å². The van der Waals surface area contributed by atoms with Crippen molar-refractivity contribution < 1.29 is 4.79 Å². The van der Waals surface area contributed by atoms with Crippen LogP contribution < -0.4 is 0 Å². The summed E-state index contributed by atoms with van der Waals surface area (Å²) in [7, 11) is 0. The predicted octanol–water partition coefficient (Wildman–Crippen LogP) is 4.87. The second kappa shape index (κ2) is 7.88. The van der Waals surface area contributed by atoms with E-state index in [0.717, 1.165) is 37.3 Å². The molecular formula is C24H38N4O. The Morgan fingerprint density at radius 3 is 2.69 bits per heavy atom. The lowest BCUT2D eigenvalue weighted by molar-refractivity contribution is -0.120. The quantitative estimate of drug-likeness (QED) is 0.668. The molecule has 4 aliphatic rings. The van der Waals surface area contributed by atoms with Gasteiger partial charge in [-0.2, -0.15) is 0 Å². The number of likely N-dealkylation sites (tertiary alicyclic amines) is 1. The van der Waals surface area contributed by atoms with Crippen LogP contribution in [0.5, 0.6) is 0 Å². The minimum absolute atomic E-state index is 0.234. The third kappa shape index (κ3) is 3.16. The maximum Gasteiger partial charge on any atom is 0.209 e. The first kappa shape index (κ1) is 20.6. The van der Waals surface area contributed by atoms with Gasteiger partial charge in [0, 0.05) is 24.2 Å². The van der Waals surface area contributed by atoms with E-state index in [1.807, 2.05) is 29.6 Å². The largest absolute Gasteiger partial charge is 0.345 e. The third-order valence-electron chi connectivity index (χ3n) is 9.04. The minimum atomic E-state index is 0.234. The molecule has 6 unspecified atom stereocenters. The topological polar surface area (TPSA) is 51.0 Å². The second-order valence-corrected chi connectivity index (χ2v) is 9.99. The van der Waals surface area contributed by atoms with E-state index < -0.39 is 0 Å². The molecule has 1 aromatic heterocycles. The standard InChI is InChI=1S/C22H32N4O.C2H6/c1-21-9-3-12-25(15-27)14-16(21)4-5-17-18-6-7-20(26-13-11-23-24-26)22(18,2)10-8-19(17)21;1-2/h7,11,13,15-19H,3-6,8-10,12,14H2,1-2H3;1-2H3. The Morgan fingerprint density at radius 2 is 1.97 bits per heavy atom. The summed E-state index contributed by atoms with van der Waals surface area (Å²) in [6.45, 7) is 11.0. The maximum absolute atomic E-state index is 11.4. The van der Waals surface area contributed by atoms with Gasteiger partial charge in [-0.15, -0.1) is 5.10 Å². The van der Waals surface area contributed by atoms with E-state index in [1.165, 1.54) is 50.6 Å². The van der Waals surface area contributed by atoms with Crippen molar-refractivity contribution in [2.24, 2.45) is 34.5 Å². The van der Waals surface area contributed by atoms with Crippen LogP contribution >= 0.6 is 0 Å². The number of carbonyl (C=O) groups is 1. The van der Waals surface area contributed by atoms with E-state index in [9.17, 15) is 4.79 Å². The van der Waals surface area contributed by atoms with E-state index in [1.54, 1.807) is 6.20 Å². The minimum Gasteiger partial charge on any atom is -0.345 e. The Labute approximate surface area is 175 Å². The van der Waals surface area contributed by atoms with Crippen molar-refractivity contribution in [2.75, 3.05) is 13.1 Å². The highest BCUT2D eigenvalue weighted by molar-refractivity contribution is 5.55. The van der Waals surface area contributed by atoms with Gasteiger partial charge in [0.05, 0.1) is 12.4 Å². The molecule has 1 saturated heterocycles. The molecule has 2 heterocycles. The third-order valence-corrected chi connectivity index (χ3v) is 9.04. The van der Waals surface area contributed by atoms with Crippen LogP contribution in [-0.2, 0) is 4.79 Å². The summed E-state index contributed by atoms with van der Waals surface area (Å²) in [4.78, 5) is 13.5. The molecule has 5 nitrogen and oxygen atoms in total. The molecular weight excluding hydrogens is 360 g/mol. The van der Waals surface area contributed by atoms with Crippen molar-refractivity contribution in [3.8, 4) is 0 Å². The highest BCUT2D eigenvalue weighted by Gasteiger charge is 2.58. The average Bonchev–Trinajstić information content (AvgIpc) is 3.33. The Bertz CT molecular complexity index is 744. The van der Waals surface area contributed by atoms with E-state index in [-0.39, 0.29) is 5.41 Å². The van der Waals surface area contributed by atoms with Gasteiger partial charge < -0.3 is 4.90 Å². The molecule has 160 valence electrons. The predicted molar refractivity (Wildman–Crippen MR) is 116 cm³/mol. The summed E-state index contributed by atoms with van der Waals surface area (Å²) in [6.07, 6.45) is 16.1. The fourth-order valence-electron chi connectivity index (χ4n) is 7.59. The average molecular weight is 399 g/mol. The molecule has 3 fully saturated rings. The summed E-state index contributed by atoms with van der Waals surface area (Å²) in [6, 6.07) is 0. The zero-order valence-electron chi connectivity index (χ0n) is 18.7. The van der Waals surface area contributed by atoms with Crippen LogP contribution in [0, 0.1) is 34.5 Å². The number of hydrogen-bond donors (Lipinski definition) is 0. The van der Waals surface area contributed by atoms with Crippen molar-refractivity contribution >= 4 is 12.1 Å². The molecule has 5 heteroatoms. The molecule has 2 saturated carbocycles. The van der Waals surface area contributed by atoms with E-state index in [4.69, 9.17) is 0 Å². The first-order valence-electron chi connectivity index (χ1n) is 11.8. The monoisotopic (exact) mass is 398 g/mol. The van der Waals surface area contributed by atoms with Crippen LogP contribution in [0.3, 0.4) is 0 Å². The van der Waals surface area contributed by atoms with E-state index in [2.05, 4.69) is 30.2 Å². The number of aromatic nitrogens is 3. The lowest BCUT2D eigenvalue weighted by Gasteiger charge is -2.58. The molecule has 1 aromatic rings. The van der Waals surface area contributed by atoms with Crippen LogP contribution in [0.2, 0.25) is 0 Å². The normalized spacial score (nSPS) is 41.1.